The number of anilines is 1. The van der Waals surface area contributed by atoms with Gasteiger partial charge in [-0.3, -0.25) is 9.69 Å². The van der Waals surface area contributed by atoms with E-state index >= 15 is 0 Å². The number of carbonyl (C=O) groups excluding carboxylic acids is 1. The van der Waals surface area contributed by atoms with Crippen molar-refractivity contribution in [2.75, 3.05) is 24.2 Å². The Morgan fingerprint density at radius 2 is 1.87 bits per heavy atom. The summed E-state index contributed by atoms with van der Waals surface area (Å²) < 4.78 is 15.9. The molecule has 0 radical (unpaired) electrons. The minimum Gasteiger partial charge on any atom is -0.323 e. The van der Waals surface area contributed by atoms with Crippen molar-refractivity contribution in [3.63, 3.8) is 0 Å². The summed E-state index contributed by atoms with van der Waals surface area (Å²) >= 11 is 7.18. The van der Waals surface area contributed by atoms with Crippen LogP contribution >= 0.6 is 23.4 Å². The topological polar surface area (TPSA) is 63.1 Å². The van der Waals surface area contributed by atoms with E-state index in [1.165, 1.54) is 42.8 Å². The Morgan fingerprint density at radius 1 is 1.10 bits per heavy atom. The van der Waals surface area contributed by atoms with Gasteiger partial charge in [0.25, 0.3) is 0 Å². The molecular formula is C22H23ClFN5OS. The van der Waals surface area contributed by atoms with E-state index in [4.69, 9.17) is 11.6 Å². The van der Waals surface area contributed by atoms with Crippen molar-refractivity contribution in [1.82, 2.24) is 19.7 Å². The summed E-state index contributed by atoms with van der Waals surface area (Å²) in [6.45, 7) is 3.49. The highest BCUT2D eigenvalue weighted by Crippen LogP contribution is 2.23. The lowest BCUT2D eigenvalue weighted by Crippen LogP contribution is -2.22. The normalized spacial score (nSPS) is 14.1. The molecule has 1 fully saturated rings. The number of benzene rings is 2. The first-order valence-corrected chi connectivity index (χ1v) is 11.5. The summed E-state index contributed by atoms with van der Waals surface area (Å²) in [5, 5.41) is 12.3. The highest BCUT2D eigenvalue weighted by molar-refractivity contribution is 7.99. The van der Waals surface area contributed by atoms with Gasteiger partial charge in [0.2, 0.25) is 5.91 Å². The number of likely N-dealkylation sites (tertiary alicyclic amines) is 1. The van der Waals surface area contributed by atoms with Crippen LogP contribution in [0, 0.1) is 5.82 Å². The molecule has 1 aliphatic rings. The number of nitrogens with zero attached hydrogens (tertiary/aromatic N) is 4. The Hall–Kier alpha value is -2.42. The second-order valence-electron chi connectivity index (χ2n) is 7.41. The molecule has 0 bridgehead atoms. The molecular weight excluding hydrogens is 437 g/mol. The van der Waals surface area contributed by atoms with Crippen molar-refractivity contribution in [1.29, 1.82) is 0 Å². The second-order valence-corrected chi connectivity index (χ2v) is 8.79. The highest BCUT2D eigenvalue weighted by atomic mass is 35.5. The number of hydrogen-bond donors (Lipinski definition) is 1. The average molecular weight is 460 g/mol. The Bertz CT molecular complexity index is 1040. The zero-order chi connectivity index (χ0) is 21.6. The molecule has 3 aromatic rings. The van der Waals surface area contributed by atoms with Crippen LogP contribution in [0.4, 0.5) is 10.1 Å². The van der Waals surface area contributed by atoms with Crippen LogP contribution in [0.1, 0.15) is 24.2 Å². The molecule has 2 aromatic carbocycles. The summed E-state index contributed by atoms with van der Waals surface area (Å²) in [4.78, 5) is 14.8. The second kappa shape index (κ2) is 10.3. The molecule has 31 heavy (non-hydrogen) atoms. The number of carbonyl (C=O) groups is 1. The van der Waals surface area contributed by atoms with Gasteiger partial charge in [-0.25, -0.2) is 4.39 Å². The first-order chi connectivity index (χ1) is 15.1. The predicted molar refractivity (Wildman–Crippen MR) is 121 cm³/mol. The highest BCUT2D eigenvalue weighted by Gasteiger charge is 2.19. The SMILES string of the molecule is O=C(CSc1nnc(CN2CCCC2)n1Cc1ccccc1)Nc1cc(Cl)ccc1F. The zero-order valence-electron chi connectivity index (χ0n) is 16.9. The standard InChI is InChI=1S/C22H23ClFN5OS/c23-17-8-9-18(24)19(12-17)25-21(30)15-31-22-27-26-20(14-28-10-4-5-11-28)29(22)13-16-6-2-1-3-7-16/h1-3,6-9,12H,4-5,10-11,13-15H2,(H,25,30). The maximum Gasteiger partial charge on any atom is 0.234 e. The maximum absolute atomic E-state index is 13.9. The minimum absolute atomic E-state index is 0.0681. The van der Waals surface area contributed by atoms with Crippen LogP contribution in [0.2, 0.25) is 5.02 Å². The molecule has 0 unspecified atom stereocenters. The quantitative estimate of drug-likeness (QED) is 0.504. The molecule has 9 heteroatoms. The van der Waals surface area contributed by atoms with Crippen molar-refractivity contribution in [2.24, 2.45) is 0 Å². The van der Waals surface area contributed by atoms with Crippen LogP contribution in [0.5, 0.6) is 0 Å². The summed E-state index contributed by atoms with van der Waals surface area (Å²) in [6, 6.07) is 14.2. The van der Waals surface area contributed by atoms with Gasteiger partial charge in [-0.15, -0.1) is 10.2 Å². The van der Waals surface area contributed by atoms with Crippen molar-refractivity contribution in [2.45, 2.75) is 31.1 Å². The zero-order valence-corrected chi connectivity index (χ0v) is 18.5. The van der Waals surface area contributed by atoms with Gasteiger partial charge < -0.3 is 9.88 Å². The third-order valence-corrected chi connectivity index (χ3v) is 6.28. The summed E-state index contributed by atoms with van der Waals surface area (Å²) in [5.41, 5.74) is 1.20. The number of halogens is 2. The summed E-state index contributed by atoms with van der Waals surface area (Å²) in [7, 11) is 0. The minimum atomic E-state index is -0.525. The van der Waals surface area contributed by atoms with Gasteiger partial charge in [0.1, 0.15) is 11.6 Å². The van der Waals surface area contributed by atoms with Crippen molar-refractivity contribution < 1.29 is 9.18 Å². The molecule has 1 N–H and O–H groups in total. The lowest BCUT2D eigenvalue weighted by molar-refractivity contribution is -0.113. The van der Waals surface area contributed by atoms with Gasteiger partial charge in [0.15, 0.2) is 5.16 Å². The van der Waals surface area contributed by atoms with E-state index in [9.17, 15) is 9.18 Å². The predicted octanol–water partition coefficient (Wildman–Crippen LogP) is 4.45. The Labute approximate surface area is 189 Å². The van der Waals surface area contributed by atoms with Crippen molar-refractivity contribution >= 4 is 35.0 Å². The number of thioether (sulfide) groups is 1. The fraction of sp³-hybridized carbons (Fsp3) is 0.318. The van der Waals surface area contributed by atoms with Gasteiger partial charge in [-0.05, 0) is 49.7 Å². The maximum atomic E-state index is 13.9. The van der Waals surface area contributed by atoms with Crippen LogP contribution in [0.15, 0.2) is 53.7 Å². The van der Waals surface area contributed by atoms with E-state index in [1.807, 2.05) is 18.2 Å². The van der Waals surface area contributed by atoms with Crippen molar-refractivity contribution in [3.8, 4) is 0 Å². The van der Waals surface area contributed by atoms with Crippen molar-refractivity contribution in [3.05, 3.63) is 70.8 Å². The summed E-state index contributed by atoms with van der Waals surface area (Å²) in [5.74, 6) is 0.113. The number of nitrogens with one attached hydrogen (secondary N) is 1. The molecule has 2 heterocycles. The molecule has 0 atom stereocenters. The van der Waals surface area contributed by atoms with E-state index < -0.39 is 5.82 Å². The van der Waals surface area contributed by atoms with E-state index in [-0.39, 0.29) is 17.3 Å². The number of hydrogen-bond acceptors (Lipinski definition) is 5. The van der Waals surface area contributed by atoms with Crippen LogP contribution in [0.25, 0.3) is 0 Å². The third kappa shape index (κ3) is 5.84. The van der Waals surface area contributed by atoms with Gasteiger partial charge >= 0.3 is 0 Å². The number of rotatable bonds is 8. The average Bonchev–Trinajstić information content (AvgIpc) is 3.41. The van der Waals surface area contributed by atoms with Crippen LogP contribution in [-0.4, -0.2) is 44.4 Å². The van der Waals surface area contributed by atoms with E-state index in [0.717, 1.165) is 31.0 Å². The third-order valence-electron chi connectivity index (χ3n) is 5.08. The molecule has 1 aromatic heterocycles. The smallest absolute Gasteiger partial charge is 0.234 e. The van der Waals surface area contributed by atoms with Gasteiger partial charge in [0.05, 0.1) is 24.5 Å². The van der Waals surface area contributed by atoms with E-state index in [2.05, 4.69) is 37.1 Å². The fourth-order valence-corrected chi connectivity index (χ4v) is 4.45. The summed E-state index contributed by atoms with van der Waals surface area (Å²) in [6.07, 6.45) is 2.41. The van der Waals surface area contributed by atoms with E-state index in [1.54, 1.807) is 0 Å². The first-order valence-electron chi connectivity index (χ1n) is 10.1. The molecule has 0 saturated carbocycles. The van der Waals surface area contributed by atoms with Crippen LogP contribution in [-0.2, 0) is 17.9 Å². The fourth-order valence-electron chi connectivity index (χ4n) is 3.52. The van der Waals surface area contributed by atoms with Gasteiger partial charge in [0, 0.05) is 5.02 Å². The largest absolute Gasteiger partial charge is 0.323 e. The lowest BCUT2D eigenvalue weighted by Gasteiger charge is -2.16. The molecule has 0 spiro atoms. The molecule has 1 amide bonds. The van der Waals surface area contributed by atoms with E-state index in [0.29, 0.717) is 16.7 Å². The molecule has 0 aliphatic carbocycles. The van der Waals surface area contributed by atoms with Crippen LogP contribution < -0.4 is 5.32 Å². The Kier molecular flexibility index (Phi) is 7.21. The van der Waals surface area contributed by atoms with Crippen LogP contribution in [0.3, 0.4) is 0 Å². The Balaban J connectivity index is 1.46. The molecule has 1 saturated heterocycles. The molecule has 6 nitrogen and oxygen atoms in total. The monoisotopic (exact) mass is 459 g/mol. The molecule has 1 aliphatic heterocycles. The lowest BCUT2D eigenvalue weighted by atomic mass is 10.2. The number of amides is 1. The number of aromatic nitrogens is 3. The van der Waals surface area contributed by atoms with Gasteiger partial charge in [-0.2, -0.15) is 0 Å². The first kappa shape index (κ1) is 21.8. The molecule has 4 rings (SSSR count). The Morgan fingerprint density at radius 3 is 2.65 bits per heavy atom. The van der Waals surface area contributed by atoms with Gasteiger partial charge in [-0.1, -0.05) is 53.7 Å². The molecule has 162 valence electrons.